The first-order valence-corrected chi connectivity index (χ1v) is 8.69. The van der Waals surface area contributed by atoms with E-state index in [0.717, 1.165) is 16.6 Å². The molecule has 2 aromatic rings. The Kier molecular flexibility index (Phi) is 7.14. The van der Waals surface area contributed by atoms with Crippen LogP contribution in [0.4, 0.5) is 0 Å². The van der Waals surface area contributed by atoms with E-state index in [1.165, 1.54) is 19.3 Å². The Morgan fingerprint density at radius 1 is 0.913 bits per heavy atom. The molecule has 0 aliphatic carbocycles. The van der Waals surface area contributed by atoms with Crippen LogP contribution in [0.25, 0.3) is 0 Å². The molecule has 2 rings (SSSR count). The monoisotopic (exact) mass is 376 g/mol. The number of halogens is 1. The maximum absolute atomic E-state index is 12.1. The van der Waals surface area contributed by atoms with Gasteiger partial charge in [-0.05, 0) is 55.0 Å². The van der Waals surface area contributed by atoms with Crippen LogP contribution in [0, 0.1) is 0 Å². The van der Waals surface area contributed by atoms with Crippen molar-refractivity contribution in [2.24, 2.45) is 0 Å². The molecule has 4 heteroatoms. The summed E-state index contributed by atoms with van der Waals surface area (Å²) in [6.45, 7) is 2.90. The van der Waals surface area contributed by atoms with Crippen molar-refractivity contribution in [1.29, 1.82) is 0 Å². The van der Waals surface area contributed by atoms with Crippen molar-refractivity contribution in [3.8, 4) is 11.5 Å². The summed E-state index contributed by atoms with van der Waals surface area (Å²) >= 11 is 3.34. The Hall–Kier alpha value is -1.81. The van der Waals surface area contributed by atoms with E-state index < -0.39 is 0 Å². The van der Waals surface area contributed by atoms with Crippen LogP contribution in [0.3, 0.4) is 0 Å². The SMILES string of the molecule is CCCCCCOc1ccc(C(=O)Oc2ccc(Br)cc2)cc1. The lowest BCUT2D eigenvalue weighted by molar-refractivity contribution is 0.0734. The van der Waals surface area contributed by atoms with Gasteiger partial charge in [0.2, 0.25) is 0 Å². The number of carbonyl (C=O) groups is 1. The highest BCUT2D eigenvalue weighted by molar-refractivity contribution is 9.10. The highest BCUT2D eigenvalue weighted by Crippen LogP contribution is 2.18. The summed E-state index contributed by atoms with van der Waals surface area (Å²) < 4.78 is 11.9. The van der Waals surface area contributed by atoms with Crippen LogP contribution < -0.4 is 9.47 Å². The van der Waals surface area contributed by atoms with Gasteiger partial charge in [0.05, 0.1) is 12.2 Å². The number of esters is 1. The van der Waals surface area contributed by atoms with Gasteiger partial charge in [0.25, 0.3) is 0 Å². The average molecular weight is 377 g/mol. The van der Waals surface area contributed by atoms with Gasteiger partial charge in [-0.1, -0.05) is 42.1 Å². The number of benzene rings is 2. The normalized spacial score (nSPS) is 10.3. The van der Waals surface area contributed by atoms with Gasteiger partial charge in [0.1, 0.15) is 11.5 Å². The summed E-state index contributed by atoms with van der Waals surface area (Å²) in [5.41, 5.74) is 0.506. The number of carbonyl (C=O) groups excluding carboxylic acids is 1. The van der Waals surface area contributed by atoms with Crippen LogP contribution in [0.2, 0.25) is 0 Å². The van der Waals surface area contributed by atoms with E-state index in [9.17, 15) is 4.79 Å². The highest BCUT2D eigenvalue weighted by atomic mass is 79.9. The van der Waals surface area contributed by atoms with Crippen LogP contribution in [0.1, 0.15) is 43.0 Å². The van der Waals surface area contributed by atoms with Gasteiger partial charge in [-0.25, -0.2) is 4.79 Å². The van der Waals surface area contributed by atoms with E-state index >= 15 is 0 Å². The molecule has 0 saturated heterocycles. The first-order valence-electron chi connectivity index (χ1n) is 7.89. The van der Waals surface area contributed by atoms with Crippen LogP contribution in [-0.4, -0.2) is 12.6 Å². The number of unbranched alkanes of at least 4 members (excludes halogenated alkanes) is 3. The molecule has 0 aromatic heterocycles. The van der Waals surface area contributed by atoms with E-state index in [4.69, 9.17) is 9.47 Å². The third-order valence-electron chi connectivity index (χ3n) is 3.38. The van der Waals surface area contributed by atoms with Crippen molar-refractivity contribution >= 4 is 21.9 Å². The minimum absolute atomic E-state index is 0.373. The zero-order valence-corrected chi connectivity index (χ0v) is 14.8. The summed E-state index contributed by atoms with van der Waals surface area (Å²) in [7, 11) is 0. The molecule has 3 nitrogen and oxygen atoms in total. The van der Waals surface area contributed by atoms with Crippen molar-refractivity contribution < 1.29 is 14.3 Å². The van der Waals surface area contributed by atoms with Crippen LogP contribution in [-0.2, 0) is 0 Å². The minimum Gasteiger partial charge on any atom is -0.494 e. The average Bonchev–Trinajstić information content (AvgIpc) is 2.57. The minimum atomic E-state index is -0.373. The summed E-state index contributed by atoms with van der Waals surface area (Å²) in [4.78, 5) is 12.1. The molecule has 0 N–H and O–H groups in total. The summed E-state index contributed by atoms with van der Waals surface area (Å²) in [6.07, 6.45) is 4.70. The molecule has 0 atom stereocenters. The first-order chi connectivity index (χ1) is 11.2. The molecule has 0 unspecified atom stereocenters. The van der Waals surface area contributed by atoms with Crippen LogP contribution in [0.5, 0.6) is 11.5 Å². The van der Waals surface area contributed by atoms with Gasteiger partial charge >= 0.3 is 5.97 Å². The van der Waals surface area contributed by atoms with Crippen molar-refractivity contribution in [2.75, 3.05) is 6.61 Å². The summed E-state index contributed by atoms with van der Waals surface area (Å²) in [5, 5.41) is 0. The lowest BCUT2D eigenvalue weighted by atomic mass is 10.2. The number of rotatable bonds is 8. The molecule has 0 aliphatic heterocycles. The second-order valence-corrected chi connectivity index (χ2v) is 6.19. The Labute approximate surface area is 145 Å². The lowest BCUT2D eigenvalue weighted by Gasteiger charge is -2.07. The fourth-order valence-corrected chi connectivity index (χ4v) is 2.34. The zero-order chi connectivity index (χ0) is 16.5. The largest absolute Gasteiger partial charge is 0.494 e. The molecule has 0 radical (unpaired) electrons. The van der Waals surface area contributed by atoms with E-state index in [1.807, 2.05) is 12.1 Å². The highest BCUT2D eigenvalue weighted by Gasteiger charge is 2.08. The van der Waals surface area contributed by atoms with Gasteiger partial charge in [-0.15, -0.1) is 0 Å². The van der Waals surface area contributed by atoms with Gasteiger partial charge in [0, 0.05) is 4.47 Å². The lowest BCUT2D eigenvalue weighted by Crippen LogP contribution is -2.08. The van der Waals surface area contributed by atoms with E-state index in [2.05, 4.69) is 22.9 Å². The fourth-order valence-electron chi connectivity index (χ4n) is 2.07. The molecule has 0 amide bonds. The quantitative estimate of drug-likeness (QED) is 0.340. The molecular formula is C19H21BrO3. The Balaban J connectivity index is 1.83. The second kappa shape index (κ2) is 9.36. The third-order valence-corrected chi connectivity index (χ3v) is 3.91. The van der Waals surface area contributed by atoms with Crippen LogP contribution in [0.15, 0.2) is 53.0 Å². The van der Waals surface area contributed by atoms with E-state index in [1.54, 1.807) is 36.4 Å². The van der Waals surface area contributed by atoms with Gasteiger partial charge in [-0.2, -0.15) is 0 Å². The summed E-state index contributed by atoms with van der Waals surface area (Å²) in [5.74, 6) is 0.929. The molecule has 0 heterocycles. The smallest absolute Gasteiger partial charge is 0.343 e. The molecule has 122 valence electrons. The van der Waals surface area contributed by atoms with Crippen molar-refractivity contribution in [2.45, 2.75) is 32.6 Å². The maximum atomic E-state index is 12.1. The standard InChI is InChI=1S/C19H21BrO3/c1-2-3-4-5-14-22-17-10-6-15(7-11-17)19(21)23-18-12-8-16(20)9-13-18/h6-13H,2-5,14H2,1H3. The predicted molar refractivity (Wildman–Crippen MR) is 95.2 cm³/mol. The molecule has 0 fully saturated rings. The molecular weight excluding hydrogens is 356 g/mol. The topological polar surface area (TPSA) is 35.5 Å². The molecule has 23 heavy (non-hydrogen) atoms. The maximum Gasteiger partial charge on any atom is 0.343 e. The van der Waals surface area contributed by atoms with E-state index in [-0.39, 0.29) is 5.97 Å². The van der Waals surface area contributed by atoms with Crippen molar-refractivity contribution in [3.05, 3.63) is 58.6 Å². The zero-order valence-electron chi connectivity index (χ0n) is 13.3. The Morgan fingerprint density at radius 2 is 1.57 bits per heavy atom. The van der Waals surface area contributed by atoms with Crippen molar-refractivity contribution in [3.63, 3.8) is 0 Å². The molecule has 2 aromatic carbocycles. The molecule has 0 spiro atoms. The van der Waals surface area contributed by atoms with Crippen molar-refractivity contribution in [1.82, 2.24) is 0 Å². The van der Waals surface area contributed by atoms with Crippen LogP contribution >= 0.6 is 15.9 Å². The summed E-state index contributed by atoms with van der Waals surface area (Å²) in [6, 6.07) is 14.2. The fraction of sp³-hybridized carbons (Fsp3) is 0.316. The number of hydrogen-bond acceptors (Lipinski definition) is 3. The second-order valence-electron chi connectivity index (χ2n) is 5.28. The Bertz CT molecular complexity index is 606. The molecule has 0 saturated carbocycles. The number of ether oxygens (including phenoxy) is 2. The third kappa shape index (κ3) is 6.06. The Morgan fingerprint density at radius 3 is 2.22 bits per heavy atom. The predicted octanol–water partition coefficient (Wildman–Crippen LogP) is 5.63. The van der Waals surface area contributed by atoms with Gasteiger partial charge < -0.3 is 9.47 Å². The van der Waals surface area contributed by atoms with Gasteiger partial charge in [0.15, 0.2) is 0 Å². The first kappa shape index (κ1) is 17.5. The number of hydrogen-bond donors (Lipinski definition) is 0. The molecule has 0 aliphatic rings. The van der Waals surface area contributed by atoms with E-state index in [0.29, 0.717) is 17.9 Å². The van der Waals surface area contributed by atoms with Gasteiger partial charge in [-0.3, -0.25) is 0 Å². The molecule has 0 bridgehead atoms.